The van der Waals surface area contributed by atoms with E-state index in [1.807, 2.05) is 0 Å². The Kier molecular flexibility index (Phi) is 11.8. The second kappa shape index (κ2) is 12.3. The minimum atomic E-state index is -1.30. The first kappa shape index (κ1) is 22.9. The molecule has 0 saturated heterocycles. The maximum absolute atomic E-state index is 12.5. The predicted molar refractivity (Wildman–Crippen MR) is 80.9 cm³/mol. The number of aliphatic hydroxyl groups is 8. The Morgan fingerprint density at radius 3 is 0.958 bits per heavy atom. The Balaban J connectivity index is 5.19. The second-order valence-electron chi connectivity index (χ2n) is 5.44. The van der Waals surface area contributed by atoms with Crippen molar-refractivity contribution in [3.05, 3.63) is 0 Å². The number of nitrogens with zero attached hydrogens (tertiary/aromatic N) is 2. The highest BCUT2D eigenvalue weighted by atomic mass is 16.3. The number of rotatable bonds is 12. The third-order valence-electron chi connectivity index (χ3n) is 3.11. The lowest BCUT2D eigenvalue weighted by Crippen LogP contribution is -2.53. The number of hydrogen-bond acceptors (Lipinski definition) is 9. The zero-order chi connectivity index (χ0) is 18.7. The van der Waals surface area contributed by atoms with Crippen LogP contribution in [0.25, 0.3) is 0 Å². The molecule has 0 aromatic rings. The summed E-state index contributed by atoms with van der Waals surface area (Å²) in [5, 5.41) is 73.7. The number of urea groups is 1. The summed E-state index contributed by atoms with van der Waals surface area (Å²) in [6.07, 6.45) is -5.20. The van der Waals surface area contributed by atoms with Crippen LogP contribution in [0.2, 0.25) is 0 Å². The number of hydrogen-bond donors (Lipinski definition) is 8. The van der Waals surface area contributed by atoms with E-state index in [0.717, 1.165) is 9.80 Å². The van der Waals surface area contributed by atoms with Crippen LogP contribution in [-0.2, 0) is 0 Å². The van der Waals surface area contributed by atoms with E-state index in [1.165, 1.54) is 0 Å². The van der Waals surface area contributed by atoms with E-state index in [-0.39, 0.29) is 26.2 Å². The van der Waals surface area contributed by atoms with Gasteiger partial charge in [-0.2, -0.15) is 0 Å². The molecule has 0 saturated carbocycles. The topological polar surface area (TPSA) is 185 Å². The molecule has 0 aliphatic rings. The first-order chi connectivity index (χ1) is 11.3. The van der Waals surface area contributed by atoms with Gasteiger partial charge >= 0.3 is 6.03 Å². The molecule has 8 N–H and O–H groups in total. The number of amides is 2. The Morgan fingerprint density at radius 1 is 0.583 bits per heavy atom. The zero-order valence-corrected chi connectivity index (χ0v) is 13.3. The summed E-state index contributed by atoms with van der Waals surface area (Å²) in [4.78, 5) is 14.4. The largest absolute Gasteiger partial charge is 0.394 e. The third-order valence-corrected chi connectivity index (χ3v) is 3.11. The summed E-state index contributed by atoms with van der Waals surface area (Å²) in [7, 11) is 0. The molecule has 0 aromatic heterocycles. The average molecular weight is 356 g/mol. The van der Waals surface area contributed by atoms with Crippen molar-refractivity contribution in [3.63, 3.8) is 0 Å². The quantitative estimate of drug-likeness (QED) is 0.170. The van der Waals surface area contributed by atoms with Gasteiger partial charge in [0.25, 0.3) is 0 Å². The van der Waals surface area contributed by atoms with Crippen LogP contribution in [0, 0.1) is 0 Å². The van der Waals surface area contributed by atoms with Gasteiger partial charge < -0.3 is 50.7 Å². The Bertz CT molecular complexity index is 293. The van der Waals surface area contributed by atoms with E-state index in [9.17, 15) is 25.2 Å². The van der Waals surface area contributed by atoms with Gasteiger partial charge in [0.05, 0.1) is 77.0 Å². The van der Waals surface area contributed by atoms with Crippen molar-refractivity contribution in [1.29, 1.82) is 0 Å². The summed E-state index contributed by atoms with van der Waals surface area (Å²) in [5.74, 6) is 0. The van der Waals surface area contributed by atoms with Crippen molar-refractivity contribution < 1.29 is 45.6 Å². The van der Waals surface area contributed by atoms with Gasteiger partial charge in [-0.25, -0.2) is 4.79 Å². The lowest BCUT2D eigenvalue weighted by molar-refractivity contribution is 0.00889. The fourth-order valence-electron chi connectivity index (χ4n) is 1.91. The van der Waals surface area contributed by atoms with Crippen LogP contribution in [0.1, 0.15) is 0 Å². The molecule has 0 heterocycles. The van der Waals surface area contributed by atoms with Gasteiger partial charge in [-0.05, 0) is 0 Å². The lowest BCUT2D eigenvalue weighted by atomic mass is 10.2. The summed E-state index contributed by atoms with van der Waals surface area (Å²) >= 11 is 0. The summed E-state index contributed by atoms with van der Waals surface area (Å²) in [5.41, 5.74) is 0. The summed E-state index contributed by atoms with van der Waals surface area (Å²) in [6, 6.07) is -0.824. The van der Waals surface area contributed by atoms with Gasteiger partial charge in [-0.3, -0.25) is 0 Å². The van der Waals surface area contributed by atoms with Gasteiger partial charge in [0, 0.05) is 0 Å². The third kappa shape index (κ3) is 8.70. The standard InChI is InChI=1S/C13H28N2O9/c16-5-9(20)1-14(2-10(21)6-17)13(24)15(3-11(22)7-18)4-12(23)8-19/h9-12,16-23H,1-8H2. The van der Waals surface area contributed by atoms with E-state index >= 15 is 0 Å². The van der Waals surface area contributed by atoms with Crippen molar-refractivity contribution in [2.45, 2.75) is 24.4 Å². The maximum atomic E-state index is 12.5. The zero-order valence-electron chi connectivity index (χ0n) is 13.3. The van der Waals surface area contributed by atoms with Crippen LogP contribution in [0.5, 0.6) is 0 Å². The summed E-state index contributed by atoms with van der Waals surface area (Å²) < 4.78 is 0. The normalized spacial score (nSPS) is 16.3. The molecule has 4 atom stereocenters. The van der Waals surface area contributed by atoms with Gasteiger partial charge in [-0.15, -0.1) is 0 Å². The molecule has 11 nitrogen and oxygen atoms in total. The van der Waals surface area contributed by atoms with Gasteiger partial charge in [0.2, 0.25) is 0 Å². The first-order valence-corrected chi connectivity index (χ1v) is 7.48. The van der Waals surface area contributed by atoms with Crippen LogP contribution in [0.3, 0.4) is 0 Å². The molecule has 4 unspecified atom stereocenters. The molecule has 0 spiro atoms. The highest BCUT2D eigenvalue weighted by molar-refractivity contribution is 5.74. The van der Waals surface area contributed by atoms with E-state index in [4.69, 9.17) is 20.4 Å². The molecule has 144 valence electrons. The first-order valence-electron chi connectivity index (χ1n) is 7.48. The van der Waals surface area contributed by atoms with Crippen molar-refractivity contribution in [1.82, 2.24) is 9.80 Å². The van der Waals surface area contributed by atoms with Crippen molar-refractivity contribution in [2.75, 3.05) is 52.6 Å². The monoisotopic (exact) mass is 356 g/mol. The van der Waals surface area contributed by atoms with Gasteiger partial charge in [-0.1, -0.05) is 0 Å². The van der Waals surface area contributed by atoms with E-state index in [1.54, 1.807) is 0 Å². The molecule has 0 aliphatic carbocycles. The Labute approximate surface area is 139 Å². The molecule has 0 fully saturated rings. The molecular formula is C13H28N2O9. The summed E-state index contributed by atoms with van der Waals surface area (Å²) in [6.45, 7) is -4.04. The van der Waals surface area contributed by atoms with E-state index in [2.05, 4.69) is 0 Å². The fourth-order valence-corrected chi connectivity index (χ4v) is 1.91. The number of carbonyl (C=O) groups is 1. The van der Waals surface area contributed by atoms with Crippen LogP contribution in [0.15, 0.2) is 0 Å². The van der Waals surface area contributed by atoms with Crippen LogP contribution < -0.4 is 0 Å². The number of aliphatic hydroxyl groups excluding tert-OH is 8. The van der Waals surface area contributed by atoms with Crippen molar-refractivity contribution in [2.24, 2.45) is 0 Å². The van der Waals surface area contributed by atoms with Crippen LogP contribution >= 0.6 is 0 Å². The average Bonchev–Trinajstić information content (AvgIpc) is 2.58. The van der Waals surface area contributed by atoms with Crippen LogP contribution in [0.4, 0.5) is 4.79 Å². The minimum absolute atomic E-state index is 0.368. The van der Waals surface area contributed by atoms with Crippen molar-refractivity contribution >= 4 is 6.03 Å². The van der Waals surface area contributed by atoms with Gasteiger partial charge in [0.1, 0.15) is 0 Å². The molecule has 0 aliphatic heterocycles. The minimum Gasteiger partial charge on any atom is -0.394 e. The predicted octanol–water partition coefficient (Wildman–Crippen LogP) is -4.88. The molecule has 11 heteroatoms. The fraction of sp³-hybridized carbons (Fsp3) is 0.923. The lowest BCUT2D eigenvalue weighted by Gasteiger charge is -2.34. The Hall–Kier alpha value is -1.05. The smallest absolute Gasteiger partial charge is 0.320 e. The SMILES string of the molecule is O=C(N(CC(O)CO)CC(O)CO)N(CC(O)CO)CC(O)CO. The number of carbonyl (C=O) groups excluding carboxylic acids is 1. The van der Waals surface area contributed by atoms with E-state index < -0.39 is 56.9 Å². The molecular weight excluding hydrogens is 328 g/mol. The Morgan fingerprint density at radius 2 is 0.792 bits per heavy atom. The molecule has 24 heavy (non-hydrogen) atoms. The maximum Gasteiger partial charge on any atom is 0.320 e. The van der Waals surface area contributed by atoms with E-state index in [0.29, 0.717) is 0 Å². The second-order valence-corrected chi connectivity index (χ2v) is 5.44. The van der Waals surface area contributed by atoms with Crippen molar-refractivity contribution in [3.8, 4) is 0 Å². The van der Waals surface area contributed by atoms with Gasteiger partial charge in [0.15, 0.2) is 0 Å². The highest BCUT2D eigenvalue weighted by Crippen LogP contribution is 2.06. The molecule has 0 rings (SSSR count). The molecule has 2 amide bonds. The highest BCUT2D eigenvalue weighted by Gasteiger charge is 2.27. The molecule has 0 radical (unpaired) electrons. The molecule has 0 aromatic carbocycles. The van der Waals surface area contributed by atoms with Crippen LogP contribution in [-0.4, -0.2) is 134 Å². The molecule has 0 bridgehead atoms.